The summed E-state index contributed by atoms with van der Waals surface area (Å²) in [5.74, 6) is 0. The molecule has 100 valence electrons. The first kappa shape index (κ1) is 13.5. The van der Waals surface area contributed by atoms with Gasteiger partial charge in [-0.15, -0.1) is 0 Å². The SMILES string of the molecule is Cc1ccc(CNCCCN2CCOCC2)cn1. The highest BCUT2D eigenvalue weighted by molar-refractivity contribution is 5.12. The first-order valence-corrected chi connectivity index (χ1v) is 6.77. The Kier molecular flexibility index (Phi) is 5.58. The summed E-state index contributed by atoms with van der Waals surface area (Å²) in [5.41, 5.74) is 2.33. The number of aryl methyl sites for hydroxylation is 1. The van der Waals surface area contributed by atoms with Gasteiger partial charge in [-0.3, -0.25) is 9.88 Å². The Morgan fingerprint density at radius 2 is 2.17 bits per heavy atom. The Bertz CT molecular complexity index is 333. The first-order valence-electron chi connectivity index (χ1n) is 6.77. The number of hydrogen-bond acceptors (Lipinski definition) is 4. The number of aromatic nitrogens is 1. The van der Waals surface area contributed by atoms with Crippen molar-refractivity contribution in [3.05, 3.63) is 29.6 Å². The minimum Gasteiger partial charge on any atom is -0.379 e. The topological polar surface area (TPSA) is 37.4 Å². The van der Waals surface area contributed by atoms with E-state index in [-0.39, 0.29) is 0 Å². The molecule has 1 aromatic heterocycles. The van der Waals surface area contributed by atoms with Gasteiger partial charge in [0.05, 0.1) is 13.2 Å². The van der Waals surface area contributed by atoms with Gasteiger partial charge in [-0.1, -0.05) is 6.07 Å². The van der Waals surface area contributed by atoms with Gasteiger partial charge in [0.1, 0.15) is 0 Å². The molecule has 1 aliphatic rings. The van der Waals surface area contributed by atoms with Gasteiger partial charge in [-0.2, -0.15) is 0 Å². The molecule has 0 aliphatic carbocycles. The van der Waals surface area contributed by atoms with Crippen LogP contribution in [0.15, 0.2) is 18.3 Å². The van der Waals surface area contributed by atoms with Crippen LogP contribution in [0.5, 0.6) is 0 Å². The van der Waals surface area contributed by atoms with Crippen LogP contribution < -0.4 is 5.32 Å². The lowest BCUT2D eigenvalue weighted by Gasteiger charge is -2.26. The second kappa shape index (κ2) is 7.46. The van der Waals surface area contributed by atoms with E-state index in [0.717, 1.165) is 45.1 Å². The fourth-order valence-corrected chi connectivity index (χ4v) is 2.09. The van der Waals surface area contributed by atoms with Crippen LogP contribution in [0.4, 0.5) is 0 Å². The number of nitrogens with zero attached hydrogens (tertiary/aromatic N) is 2. The molecule has 1 aliphatic heterocycles. The predicted octanol–water partition coefficient (Wildman–Crippen LogP) is 1.20. The van der Waals surface area contributed by atoms with Crippen molar-refractivity contribution >= 4 is 0 Å². The van der Waals surface area contributed by atoms with Gasteiger partial charge in [0, 0.05) is 31.5 Å². The molecule has 1 aromatic rings. The van der Waals surface area contributed by atoms with Crippen LogP contribution in [0.2, 0.25) is 0 Å². The summed E-state index contributed by atoms with van der Waals surface area (Å²) in [5, 5.41) is 3.46. The summed E-state index contributed by atoms with van der Waals surface area (Å²) in [6.07, 6.45) is 3.14. The van der Waals surface area contributed by atoms with Crippen LogP contribution in [0.25, 0.3) is 0 Å². The Balaban J connectivity index is 1.54. The zero-order valence-electron chi connectivity index (χ0n) is 11.2. The minimum atomic E-state index is 0.891. The maximum Gasteiger partial charge on any atom is 0.0594 e. The number of morpholine rings is 1. The monoisotopic (exact) mass is 249 g/mol. The predicted molar refractivity (Wildman–Crippen MR) is 72.6 cm³/mol. The molecule has 4 heteroatoms. The van der Waals surface area contributed by atoms with Gasteiger partial charge >= 0.3 is 0 Å². The molecule has 1 fully saturated rings. The van der Waals surface area contributed by atoms with Crippen molar-refractivity contribution in [3.8, 4) is 0 Å². The molecule has 0 amide bonds. The fraction of sp³-hybridized carbons (Fsp3) is 0.643. The van der Waals surface area contributed by atoms with Crippen LogP contribution in [-0.2, 0) is 11.3 Å². The molecule has 2 rings (SSSR count). The van der Waals surface area contributed by atoms with Crippen molar-refractivity contribution in [3.63, 3.8) is 0 Å². The van der Waals surface area contributed by atoms with E-state index >= 15 is 0 Å². The van der Waals surface area contributed by atoms with E-state index < -0.39 is 0 Å². The smallest absolute Gasteiger partial charge is 0.0594 e. The van der Waals surface area contributed by atoms with E-state index in [4.69, 9.17) is 4.74 Å². The Labute approximate surface area is 109 Å². The lowest BCUT2D eigenvalue weighted by molar-refractivity contribution is 0.0374. The molecular weight excluding hydrogens is 226 g/mol. The molecular formula is C14H23N3O. The number of ether oxygens (including phenoxy) is 1. The van der Waals surface area contributed by atoms with Crippen molar-refractivity contribution in [2.75, 3.05) is 39.4 Å². The van der Waals surface area contributed by atoms with E-state index in [1.807, 2.05) is 13.1 Å². The van der Waals surface area contributed by atoms with Crippen molar-refractivity contribution in [2.24, 2.45) is 0 Å². The number of hydrogen-bond donors (Lipinski definition) is 1. The number of rotatable bonds is 6. The Morgan fingerprint density at radius 3 is 2.89 bits per heavy atom. The van der Waals surface area contributed by atoms with Crippen LogP contribution in [-0.4, -0.2) is 49.3 Å². The molecule has 1 saturated heterocycles. The number of pyridine rings is 1. The van der Waals surface area contributed by atoms with E-state index in [1.54, 1.807) is 0 Å². The summed E-state index contributed by atoms with van der Waals surface area (Å²) in [6, 6.07) is 4.20. The summed E-state index contributed by atoms with van der Waals surface area (Å²) < 4.78 is 5.33. The van der Waals surface area contributed by atoms with E-state index in [1.165, 1.54) is 18.5 Å². The molecule has 1 N–H and O–H groups in total. The third-order valence-electron chi connectivity index (χ3n) is 3.23. The largest absolute Gasteiger partial charge is 0.379 e. The van der Waals surface area contributed by atoms with E-state index in [0.29, 0.717) is 0 Å². The van der Waals surface area contributed by atoms with E-state index in [9.17, 15) is 0 Å². The second-order valence-corrected chi connectivity index (χ2v) is 4.79. The maximum atomic E-state index is 5.33. The standard InChI is InChI=1S/C14H23N3O/c1-13-3-4-14(12-16-13)11-15-5-2-6-17-7-9-18-10-8-17/h3-4,12,15H,2,5-11H2,1H3. The number of nitrogens with one attached hydrogen (secondary N) is 1. The maximum absolute atomic E-state index is 5.33. The van der Waals surface area contributed by atoms with Crippen LogP contribution in [0.3, 0.4) is 0 Å². The van der Waals surface area contributed by atoms with Gasteiger partial charge in [-0.05, 0) is 38.1 Å². The molecule has 0 aromatic carbocycles. The van der Waals surface area contributed by atoms with Crippen molar-refractivity contribution in [1.82, 2.24) is 15.2 Å². The van der Waals surface area contributed by atoms with Crippen LogP contribution >= 0.6 is 0 Å². The molecule has 0 radical (unpaired) electrons. The highest BCUT2D eigenvalue weighted by Crippen LogP contribution is 1.99. The highest BCUT2D eigenvalue weighted by Gasteiger charge is 2.08. The average Bonchev–Trinajstić information content (AvgIpc) is 2.42. The molecule has 18 heavy (non-hydrogen) atoms. The summed E-state index contributed by atoms with van der Waals surface area (Å²) in [6.45, 7) is 9.11. The third-order valence-corrected chi connectivity index (χ3v) is 3.23. The van der Waals surface area contributed by atoms with Gasteiger partial charge < -0.3 is 10.1 Å². The summed E-state index contributed by atoms with van der Waals surface area (Å²) in [4.78, 5) is 6.76. The van der Waals surface area contributed by atoms with Crippen molar-refractivity contribution < 1.29 is 4.74 Å². The molecule has 0 unspecified atom stereocenters. The molecule has 4 nitrogen and oxygen atoms in total. The lowest BCUT2D eigenvalue weighted by Crippen LogP contribution is -2.37. The van der Waals surface area contributed by atoms with Crippen molar-refractivity contribution in [2.45, 2.75) is 19.9 Å². The molecule has 0 spiro atoms. The molecule has 0 atom stereocenters. The molecule has 2 heterocycles. The average molecular weight is 249 g/mol. The van der Waals surface area contributed by atoms with E-state index in [2.05, 4.69) is 27.3 Å². The minimum absolute atomic E-state index is 0.891. The van der Waals surface area contributed by atoms with Crippen LogP contribution in [0.1, 0.15) is 17.7 Å². The lowest BCUT2D eigenvalue weighted by atomic mass is 10.2. The Morgan fingerprint density at radius 1 is 1.33 bits per heavy atom. The van der Waals surface area contributed by atoms with Gasteiger partial charge in [-0.25, -0.2) is 0 Å². The highest BCUT2D eigenvalue weighted by atomic mass is 16.5. The normalized spacial score (nSPS) is 16.9. The van der Waals surface area contributed by atoms with Gasteiger partial charge in [0.2, 0.25) is 0 Å². The first-order chi connectivity index (χ1) is 8.84. The molecule has 0 bridgehead atoms. The van der Waals surface area contributed by atoms with Gasteiger partial charge in [0.15, 0.2) is 0 Å². The Hall–Kier alpha value is -0.970. The zero-order valence-corrected chi connectivity index (χ0v) is 11.2. The van der Waals surface area contributed by atoms with Crippen molar-refractivity contribution in [1.29, 1.82) is 0 Å². The summed E-state index contributed by atoms with van der Waals surface area (Å²) >= 11 is 0. The molecule has 0 saturated carbocycles. The van der Waals surface area contributed by atoms with Gasteiger partial charge in [0.25, 0.3) is 0 Å². The zero-order chi connectivity index (χ0) is 12.6. The quantitative estimate of drug-likeness (QED) is 0.769. The third kappa shape index (κ3) is 4.72. The van der Waals surface area contributed by atoms with Crippen LogP contribution in [0, 0.1) is 6.92 Å². The fourth-order valence-electron chi connectivity index (χ4n) is 2.09. The second-order valence-electron chi connectivity index (χ2n) is 4.79. The summed E-state index contributed by atoms with van der Waals surface area (Å²) in [7, 11) is 0.